The highest BCUT2D eigenvalue weighted by Crippen LogP contribution is 2.39. The maximum absolute atomic E-state index is 12.0. The molecule has 0 bridgehead atoms. The molecule has 8 heteroatoms. The van der Waals surface area contributed by atoms with E-state index >= 15 is 0 Å². The summed E-state index contributed by atoms with van der Waals surface area (Å²) in [6.07, 6.45) is 7.54. The van der Waals surface area contributed by atoms with E-state index in [0.717, 1.165) is 39.2 Å². The summed E-state index contributed by atoms with van der Waals surface area (Å²) >= 11 is 0. The van der Waals surface area contributed by atoms with Gasteiger partial charge in [-0.15, -0.1) is 5.10 Å². The molecule has 174 valence electrons. The Morgan fingerprint density at radius 1 is 1.00 bits per heavy atom. The Kier molecular flexibility index (Phi) is 6.01. The summed E-state index contributed by atoms with van der Waals surface area (Å²) < 4.78 is 0. The SMILES string of the molecule is CNC(=O)c1cc(-c2cc(-c3cc(N=C(N)c4cc(C5CC5)cnn4)ccc3C)ccn2)ccn1. The molecule has 0 atom stereocenters. The van der Waals surface area contributed by atoms with Gasteiger partial charge in [-0.3, -0.25) is 14.8 Å². The van der Waals surface area contributed by atoms with Crippen molar-refractivity contribution in [3.63, 3.8) is 0 Å². The number of aryl methyl sites for hydroxylation is 1. The van der Waals surface area contributed by atoms with Crippen LogP contribution in [0, 0.1) is 6.92 Å². The molecule has 1 aromatic carbocycles. The first kappa shape index (κ1) is 22.3. The van der Waals surface area contributed by atoms with Crippen molar-refractivity contribution in [1.29, 1.82) is 0 Å². The van der Waals surface area contributed by atoms with Gasteiger partial charge in [0.25, 0.3) is 5.91 Å². The highest BCUT2D eigenvalue weighted by Gasteiger charge is 2.24. The molecule has 1 aliphatic carbocycles. The van der Waals surface area contributed by atoms with Crippen LogP contribution in [0.1, 0.15) is 46.1 Å². The predicted molar refractivity (Wildman–Crippen MR) is 135 cm³/mol. The molecule has 3 N–H and O–H groups in total. The van der Waals surface area contributed by atoms with Gasteiger partial charge in [-0.25, -0.2) is 4.99 Å². The molecule has 1 aliphatic rings. The first-order chi connectivity index (χ1) is 17.0. The van der Waals surface area contributed by atoms with E-state index in [2.05, 4.69) is 30.5 Å². The van der Waals surface area contributed by atoms with E-state index in [0.29, 0.717) is 23.1 Å². The van der Waals surface area contributed by atoms with Gasteiger partial charge in [0.2, 0.25) is 0 Å². The number of nitrogens with zero attached hydrogens (tertiary/aromatic N) is 5. The average Bonchev–Trinajstić information content (AvgIpc) is 3.75. The summed E-state index contributed by atoms with van der Waals surface area (Å²) in [6.45, 7) is 2.05. The van der Waals surface area contributed by atoms with Crippen LogP contribution in [-0.2, 0) is 0 Å². The van der Waals surface area contributed by atoms with E-state index in [1.54, 1.807) is 31.7 Å². The standard InChI is InChI=1S/C27H25N7O/c1-16-3-6-21(33-26(28)24-13-20(15-32-34-24)17-4-5-17)14-22(16)18-7-9-30-23(11-18)19-8-10-31-25(12-19)27(35)29-2/h3,6-15,17H,4-5H2,1-2H3,(H2,28,33)(H,29,35). The van der Waals surface area contributed by atoms with Gasteiger partial charge >= 0.3 is 0 Å². The fourth-order valence-corrected chi connectivity index (χ4v) is 3.93. The molecule has 4 aromatic rings. The van der Waals surface area contributed by atoms with Crippen LogP contribution >= 0.6 is 0 Å². The summed E-state index contributed by atoms with van der Waals surface area (Å²) in [5.41, 5.74) is 13.8. The summed E-state index contributed by atoms with van der Waals surface area (Å²) in [5, 5.41) is 10.9. The lowest BCUT2D eigenvalue weighted by Crippen LogP contribution is -2.19. The van der Waals surface area contributed by atoms with Gasteiger partial charge in [-0.05, 0) is 90.4 Å². The Morgan fingerprint density at radius 2 is 1.80 bits per heavy atom. The van der Waals surface area contributed by atoms with E-state index in [1.807, 2.05) is 49.4 Å². The van der Waals surface area contributed by atoms with E-state index in [1.165, 1.54) is 12.8 Å². The highest BCUT2D eigenvalue weighted by atomic mass is 16.1. The Balaban J connectivity index is 1.47. The van der Waals surface area contributed by atoms with Crippen molar-refractivity contribution in [2.45, 2.75) is 25.7 Å². The topological polar surface area (TPSA) is 119 Å². The number of hydrogen-bond acceptors (Lipinski definition) is 6. The maximum Gasteiger partial charge on any atom is 0.269 e. The number of hydrogen-bond donors (Lipinski definition) is 2. The van der Waals surface area contributed by atoms with Crippen molar-refractivity contribution in [3.8, 4) is 22.4 Å². The minimum Gasteiger partial charge on any atom is -0.382 e. The maximum atomic E-state index is 12.0. The number of amidine groups is 1. The molecule has 1 saturated carbocycles. The number of carbonyl (C=O) groups is 1. The normalized spacial score (nSPS) is 13.5. The zero-order valence-corrected chi connectivity index (χ0v) is 19.6. The molecule has 3 aromatic heterocycles. The molecular formula is C27H25N7O. The molecule has 0 spiro atoms. The van der Waals surface area contributed by atoms with Gasteiger partial charge in [-0.1, -0.05) is 6.07 Å². The first-order valence-corrected chi connectivity index (χ1v) is 11.4. The van der Waals surface area contributed by atoms with Crippen LogP contribution in [0.4, 0.5) is 5.69 Å². The van der Waals surface area contributed by atoms with Gasteiger partial charge < -0.3 is 11.1 Å². The van der Waals surface area contributed by atoms with E-state index < -0.39 is 0 Å². The van der Waals surface area contributed by atoms with Crippen LogP contribution in [0.25, 0.3) is 22.4 Å². The lowest BCUT2D eigenvalue weighted by atomic mass is 9.99. The van der Waals surface area contributed by atoms with Crippen LogP contribution in [-0.4, -0.2) is 39.0 Å². The molecule has 35 heavy (non-hydrogen) atoms. The molecule has 5 rings (SSSR count). The minimum absolute atomic E-state index is 0.241. The molecule has 0 aliphatic heterocycles. The van der Waals surface area contributed by atoms with Gasteiger partial charge in [0, 0.05) is 25.0 Å². The van der Waals surface area contributed by atoms with Gasteiger partial charge in [0.15, 0.2) is 5.84 Å². The number of aromatic nitrogens is 4. The Bertz CT molecular complexity index is 1440. The van der Waals surface area contributed by atoms with Gasteiger partial charge in [0.05, 0.1) is 17.6 Å². The molecule has 3 heterocycles. The number of nitrogens with two attached hydrogens (primary N) is 1. The van der Waals surface area contributed by atoms with E-state index in [9.17, 15) is 4.79 Å². The first-order valence-electron chi connectivity index (χ1n) is 11.4. The fraction of sp³-hybridized carbons (Fsp3) is 0.185. The summed E-state index contributed by atoms with van der Waals surface area (Å²) in [5.74, 6) is 0.662. The minimum atomic E-state index is -0.241. The lowest BCUT2D eigenvalue weighted by molar-refractivity contribution is 0.0958. The molecule has 0 saturated heterocycles. The Hall–Kier alpha value is -4.46. The van der Waals surface area contributed by atoms with Crippen LogP contribution in [0.3, 0.4) is 0 Å². The van der Waals surface area contributed by atoms with Crippen LogP contribution in [0.2, 0.25) is 0 Å². The summed E-state index contributed by atoms with van der Waals surface area (Å²) in [7, 11) is 1.58. The third kappa shape index (κ3) is 4.91. The average molecular weight is 464 g/mol. The van der Waals surface area contributed by atoms with Crippen LogP contribution in [0.5, 0.6) is 0 Å². The number of pyridine rings is 2. The lowest BCUT2D eigenvalue weighted by Gasteiger charge is -2.10. The second kappa shape index (κ2) is 9.42. The van der Waals surface area contributed by atoms with Crippen molar-refractivity contribution in [3.05, 3.63) is 89.6 Å². The highest BCUT2D eigenvalue weighted by molar-refractivity contribution is 5.97. The fourth-order valence-electron chi connectivity index (χ4n) is 3.93. The Morgan fingerprint density at radius 3 is 2.60 bits per heavy atom. The third-order valence-electron chi connectivity index (χ3n) is 6.04. The molecular weight excluding hydrogens is 438 g/mol. The Labute approximate surface area is 203 Å². The number of nitrogens with one attached hydrogen (secondary N) is 1. The zero-order chi connectivity index (χ0) is 24.4. The largest absolute Gasteiger partial charge is 0.382 e. The van der Waals surface area contributed by atoms with Crippen LogP contribution in [0.15, 0.2) is 72.1 Å². The number of benzene rings is 1. The molecule has 0 unspecified atom stereocenters. The monoisotopic (exact) mass is 463 g/mol. The number of rotatable bonds is 6. The van der Waals surface area contributed by atoms with Gasteiger partial charge in [-0.2, -0.15) is 5.10 Å². The van der Waals surface area contributed by atoms with Crippen molar-refractivity contribution in [1.82, 2.24) is 25.5 Å². The zero-order valence-electron chi connectivity index (χ0n) is 19.6. The summed E-state index contributed by atoms with van der Waals surface area (Å²) in [6, 6.07) is 15.5. The van der Waals surface area contributed by atoms with Crippen molar-refractivity contribution < 1.29 is 4.79 Å². The van der Waals surface area contributed by atoms with Crippen molar-refractivity contribution in [2.24, 2.45) is 10.7 Å². The number of aliphatic imine (C=N–C) groups is 1. The summed E-state index contributed by atoms with van der Waals surface area (Å²) in [4.78, 5) is 25.3. The predicted octanol–water partition coefficient (Wildman–Crippen LogP) is 4.18. The van der Waals surface area contributed by atoms with Crippen molar-refractivity contribution in [2.75, 3.05) is 7.05 Å². The quantitative estimate of drug-likeness (QED) is 0.327. The van der Waals surface area contributed by atoms with E-state index in [-0.39, 0.29) is 5.91 Å². The number of amides is 1. The van der Waals surface area contributed by atoms with Gasteiger partial charge in [0.1, 0.15) is 11.4 Å². The molecule has 8 nitrogen and oxygen atoms in total. The smallest absolute Gasteiger partial charge is 0.269 e. The van der Waals surface area contributed by atoms with E-state index in [4.69, 9.17) is 5.73 Å². The molecule has 1 amide bonds. The second-order valence-corrected chi connectivity index (χ2v) is 8.58. The van der Waals surface area contributed by atoms with Crippen molar-refractivity contribution >= 4 is 17.4 Å². The third-order valence-corrected chi connectivity index (χ3v) is 6.04. The second-order valence-electron chi connectivity index (χ2n) is 8.58. The molecule has 0 radical (unpaired) electrons. The van der Waals surface area contributed by atoms with Crippen LogP contribution < -0.4 is 11.1 Å². The molecule has 1 fully saturated rings. The number of carbonyl (C=O) groups excluding carboxylic acids is 1.